The predicted octanol–water partition coefficient (Wildman–Crippen LogP) is 4.62. The van der Waals surface area contributed by atoms with Crippen LogP contribution in [0.3, 0.4) is 0 Å². The monoisotopic (exact) mass is 502 g/mol. The van der Waals surface area contributed by atoms with E-state index in [9.17, 15) is 12.8 Å². The molecule has 1 aromatic heterocycles. The number of fused-ring (bicyclic) bond motifs is 1. The number of benzene rings is 3. The number of halogens is 2. The Morgan fingerprint density at radius 3 is 2.42 bits per heavy atom. The van der Waals surface area contributed by atoms with Crippen molar-refractivity contribution >= 4 is 72.7 Å². The zero-order valence-electron chi connectivity index (χ0n) is 16.7. The Labute approximate surface area is 199 Å². The fourth-order valence-electron chi connectivity index (χ4n) is 2.98. The molecule has 4 aromatic rings. The van der Waals surface area contributed by atoms with Crippen LogP contribution in [-0.4, -0.2) is 23.5 Å². The fourth-order valence-corrected chi connectivity index (χ4v) is 3.91. The summed E-state index contributed by atoms with van der Waals surface area (Å²) in [5, 5.41) is 14.9. The topological polar surface area (TPSA) is 122 Å². The number of aromatic nitrogens is 2. The summed E-state index contributed by atoms with van der Waals surface area (Å²) in [5.74, 6) is -0.193. The summed E-state index contributed by atoms with van der Waals surface area (Å²) in [4.78, 5) is 8.45. The summed E-state index contributed by atoms with van der Waals surface area (Å²) < 4.78 is 37.1. The van der Waals surface area contributed by atoms with Crippen LogP contribution in [0.4, 0.5) is 27.3 Å². The van der Waals surface area contributed by atoms with E-state index in [1.165, 1.54) is 24.5 Å². The second-order valence-electron chi connectivity index (χ2n) is 6.83. The van der Waals surface area contributed by atoms with Gasteiger partial charge in [0.2, 0.25) is 10.0 Å². The van der Waals surface area contributed by atoms with Crippen molar-refractivity contribution in [2.75, 3.05) is 16.0 Å². The number of nitrogens with two attached hydrogens (primary N) is 1. The van der Waals surface area contributed by atoms with Gasteiger partial charge in [-0.05, 0) is 66.8 Å². The van der Waals surface area contributed by atoms with Crippen LogP contribution in [0.25, 0.3) is 10.9 Å². The van der Waals surface area contributed by atoms with Gasteiger partial charge in [0.15, 0.2) is 10.9 Å². The molecule has 0 saturated heterocycles. The van der Waals surface area contributed by atoms with Crippen LogP contribution in [0, 0.1) is 5.82 Å². The highest BCUT2D eigenvalue weighted by Gasteiger charge is 2.11. The Hall–Kier alpha value is -3.38. The van der Waals surface area contributed by atoms with Gasteiger partial charge in [-0.15, -0.1) is 0 Å². The molecule has 0 fully saturated rings. The molecule has 0 spiro atoms. The largest absolute Gasteiger partial charge is 0.337 e. The minimum atomic E-state index is -3.77. The summed E-state index contributed by atoms with van der Waals surface area (Å²) >= 11 is 11.2. The van der Waals surface area contributed by atoms with E-state index < -0.39 is 15.8 Å². The van der Waals surface area contributed by atoms with E-state index in [1.807, 2.05) is 0 Å². The number of thiocarbonyl (C=S) groups is 1. The first-order valence-corrected chi connectivity index (χ1v) is 11.7. The van der Waals surface area contributed by atoms with Crippen molar-refractivity contribution in [1.82, 2.24) is 9.97 Å². The normalized spacial score (nSPS) is 11.2. The third-order valence-electron chi connectivity index (χ3n) is 4.54. The molecule has 0 unspecified atom stereocenters. The SMILES string of the molecule is NS(=O)(=O)c1ccc(NC(=S)Nc2ccc3ncnc(Nc4cccc(Cl)c4F)c3c2)cc1. The van der Waals surface area contributed by atoms with Crippen LogP contribution >= 0.6 is 23.8 Å². The Morgan fingerprint density at radius 1 is 1.00 bits per heavy atom. The average molecular weight is 503 g/mol. The Balaban J connectivity index is 1.54. The van der Waals surface area contributed by atoms with Crippen molar-refractivity contribution in [2.45, 2.75) is 4.90 Å². The zero-order chi connectivity index (χ0) is 23.6. The summed E-state index contributed by atoms with van der Waals surface area (Å²) in [6.07, 6.45) is 1.37. The average Bonchev–Trinajstić information content (AvgIpc) is 2.77. The second kappa shape index (κ2) is 9.24. The minimum Gasteiger partial charge on any atom is -0.337 e. The highest BCUT2D eigenvalue weighted by atomic mass is 35.5. The van der Waals surface area contributed by atoms with Crippen molar-refractivity contribution in [3.8, 4) is 0 Å². The zero-order valence-corrected chi connectivity index (χ0v) is 19.1. The van der Waals surface area contributed by atoms with E-state index in [0.29, 0.717) is 28.1 Å². The van der Waals surface area contributed by atoms with Gasteiger partial charge in [0.25, 0.3) is 0 Å². The molecule has 0 aliphatic rings. The first-order valence-electron chi connectivity index (χ1n) is 9.37. The lowest BCUT2D eigenvalue weighted by atomic mass is 10.2. The molecule has 0 amide bonds. The van der Waals surface area contributed by atoms with Crippen LogP contribution in [-0.2, 0) is 10.0 Å². The Bertz CT molecular complexity index is 1470. The molecular weight excluding hydrogens is 487 g/mol. The van der Waals surface area contributed by atoms with Crippen LogP contribution in [0.15, 0.2) is 71.9 Å². The summed E-state index contributed by atoms with van der Waals surface area (Å²) in [6, 6.07) is 15.8. The number of rotatable bonds is 5. The van der Waals surface area contributed by atoms with E-state index in [2.05, 4.69) is 25.9 Å². The van der Waals surface area contributed by atoms with Gasteiger partial charge in [-0.25, -0.2) is 27.9 Å². The Kier molecular flexibility index (Phi) is 6.38. The minimum absolute atomic E-state index is 0.00220. The highest BCUT2D eigenvalue weighted by molar-refractivity contribution is 7.89. The van der Waals surface area contributed by atoms with Gasteiger partial charge < -0.3 is 16.0 Å². The van der Waals surface area contributed by atoms with Crippen molar-refractivity contribution in [1.29, 1.82) is 0 Å². The molecule has 1 heterocycles. The first-order chi connectivity index (χ1) is 15.7. The van der Waals surface area contributed by atoms with Crippen LogP contribution in [0.2, 0.25) is 5.02 Å². The van der Waals surface area contributed by atoms with E-state index in [1.54, 1.807) is 42.5 Å². The van der Waals surface area contributed by atoms with Gasteiger partial charge in [0.05, 0.1) is 21.1 Å². The van der Waals surface area contributed by atoms with Crippen molar-refractivity contribution in [3.63, 3.8) is 0 Å². The van der Waals surface area contributed by atoms with E-state index in [0.717, 1.165) is 0 Å². The molecule has 3 aromatic carbocycles. The van der Waals surface area contributed by atoms with E-state index >= 15 is 0 Å². The van der Waals surface area contributed by atoms with Gasteiger partial charge in [-0.2, -0.15) is 0 Å². The van der Waals surface area contributed by atoms with Crippen LogP contribution in [0.5, 0.6) is 0 Å². The van der Waals surface area contributed by atoms with Crippen molar-refractivity contribution in [3.05, 3.63) is 77.8 Å². The van der Waals surface area contributed by atoms with Gasteiger partial charge >= 0.3 is 0 Å². The number of hydrogen-bond donors (Lipinski definition) is 4. The molecule has 5 N–H and O–H groups in total. The van der Waals surface area contributed by atoms with Gasteiger partial charge in [0, 0.05) is 16.8 Å². The molecule has 8 nitrogen and oxygen atoms in total. The molecular formula is C21H16ClFN6O2S2. The molecule has 12 heteroatoms. The maximum absolute atomic E-state index is 14.3. The number of nitrogens with one attached hydrogen (secondary N) is 3. The summed E-state index contributed by atoms with van der Waals surface area (Å²) in [5.41, 5.74) is 2.02. The van der Waals surface area contributed by atoms with Crippen molar-refractivity contribution in [2.24, 2.45) is 5.14 Å². The standard InChI is InChI=1S/C21H16ClFN6O2S2/c22-16-2-1-3-18(19(16)23)29-20-15-10-13(6-9-17(15)25-11-26-20)28-21(32)27-12-4-7-14(8-5-12)33(24,30)31/h1-11H,(H2,24,30,31)(H,25,26,29)(H2,27,28,32). The maximum atomic E-state index is 14.3. The molecule has 0 saturated carbocycles. The van der Waals surface area contributed by atoms with E-state index in [-0.39, 0.29) is 20.7 Å². The van der Waals surface area contributed by atoms with E-state index in [4.69, 9.17) is 29.0 Å². The molecule has 0 aliphatic heterocycles. The van der Waals surface area contributed by atoms with Crippen molar-refractivity contribution < 1.29 is 12.8 Å². The number of primary sulfonamides is 1. The molecule has 0 radical (unpaired) electrons. The second-order valence-corrected chi connectivity index (χ2v) is 9.21. The molecule has 4 rings (SSSR count). The first kappa shape index (κ1) is 22.8. The third kappa shape index (κ3) is 5.34. The fraction of sp³-hybridized carbons (Fsp3) is 0. The lowest BCUT2D eigenvalue weighted by Crippen LogP contribution is -2.19. The summed E-state index contributed by atoms with van der Waals surface area (Å²) in [6.45, 7) is 0. The molecule has 0 bridgehead atoms. The van der Waals surface area contributed by atoms with Gasteiger partial charge in [-0.1, -0.05) is 17.7 Å². The number of nitrogens with zero attached hydrogens (tertiary/aromatic N) is 2. The quantitative estimate of drug-likeness (QED) is 0.291. The van der Waals surface area contributed by atoms with Crippen LogP contribution < -0.4 is 21.1 Å². The number of hydrogen-bond acceptors (Lipinski definition) is 6. The lowest BCUT2D eigenvalue weighted by molar-refractivity contribution is 0.598. The molecule has 0 aliphatic carbocycles. The molecule has 168 valence electrons. The number of anilines is 4. The lowest BCUT2D eigenvalue weighted by Gasteiger charge is -2.13. The van der Waals surface area contributed by atoms with Gasteiger partial charge in [0.1, 0.15) is 12.1 Å². The molecule has 0 atom stereocenters. The number of sulfonamides is 1. The third-order valence-corrected chi connectivity index (χ3v) is 5.96. The molecule has 33 heavy (non-hydrogen) atoms. The summed E-state index contributed by atoms with van der Waals surface area (Å²) in [7, 11) is -3.77. The smallest absolute Gasteiger partial charge is 0.238 e. The Morgan fingerprint density at radius 2 is 1.70 bits per heavy atom. The highest BCUT2D eigenvalue weighted by Crippen LogP contribution is 2.29. The van der Waals surface area contributed by atoms with Gasteiger partial charge in [-0.3, -0.25) is 0 Å². The van der Waals surface area contributed by atoms with Crippen LogP contribution in [0.1, 0.15) is 0 Å². The predicted molar refractivity (Wildman–Crippen MR) is 132 cm³/mol. The maximum Gasteiger partial charge on any atom is 0.238 e.